The molecule has 0 bridgehead atoms. The lowest BCUT2D eigenvalue weighted by Crippen LogP contribution is -2.37. The van der Waals surface area contributed by atoms with Crippen molar-refractivity contribution in [3.8, 4) is 11.3 Å². The Morgan fingerprint density at radius 1 is 1.24 bits per heavy atom. The van der Waals surface area contributed by atoms with Crippen molar-refractivity contribution in [2.75, 3.05) is 6.54 Å². The van der Waals surface area contributed by atoms with Crippen LogP contribution in [0, 0.1) is 5.41 Å². The average molecular weight is 287 g/mol. The first-order valence-corrected chi connectivity index (χ1v) is 6.98. The molecule has 0 fully saturated rings. The van der Waals surface area contributed by atoms with Crippen molar-refractivity contribution in [2.45, 2.75) is 26.9 Å². The summed E-state index contributed by atoms with van der Waals surface area (Å²) in [5, 5.41) is 12.9. The Labute approximate surface area is 124 Å². The van der Waals surface area contributed by atoms with Crippen molar-refractivity contribution < 1.29 is 14.3 Å². The maximum atomic E-state index is 11.8. The first-order chi connectivity index (χ1) is 9.88. The van der Waals surface area contributed by atoms with E-state index in [9.17, 15) is 9.90 Å². The van der Waals surface area contributed by atoms with Gasteiger partial charge >= 0.3 is 0 Å². The highest BCUT2D eigenvalue weighted by molar-refractivity contribution is 5.81. The number of aliphatic hydroxyl groups is 1. The molecule has 0 saturated heterocycles. The number of nitrogens with one attached hydrogen (secondary N) is 1. The van der Waals surface area contributed by atoms with Crippen LogP contribution in [-0.2, 0) is 4.79 Å². The van der Waals surface area contributed by atoms with E-state index >= 15 is 0 Å². The summed E-state index contributed by atoms with van der Waals surface area (Å²) in [4.78, 5) is 11.8. The lowest BCUT2D eigenvalue weighted by molar-refractivity contribution is -0.128. The molecule has 1 aromatic heterocycles. The predicted molar refractivity (Wildman–Crippen MR) is 81.6 cm³/mol. The van der Waals surface area contributed by atoms with Crippen molar-refractivity contribution in [3.05, 3.63) is 48.2 Å². The largest absolute Gasteiger partial charge is 0.464 e. The second-order valence-corrected chi connectivity index (χ2v) is 6.08. The first-order valence-electron chi connectivity index (χ1n) is 6.98. The van der Waals surface area contributed by atoms with E-state index in [1.807, 2.05) is 57.2 Å². The number of hydrogen-bond acceptors (Lipinski definition) is 3. The molecular formula is C17H21NO3. The molecule has 1 amide bonds. The van der Waals surface area contributed by atoms with Gasteiger partial charge in [-0.15, -0.1) is 0 Å². The van der Waals surface area contributed by atoms with Gasteiger partial charge in [0.2, 0.25) is 5.91 Å². The van der Waals surface area contributed by atoms with Crippen molar-refractivity contribution >= 4 is 5.91 Å². The molecule has 0 aliphatic carbocycles. The summed E-state index contributed by atoms with van der Waals surface area (Å²) in [5.41, 5.74) is 1.26. The zero-order chi connectivity index (χ0) is 15.5. The second-order valence-electron chi connectivity index (χ2n) is 6.08. The maximum absolute atomic E-state index is 11.8. The number of carbonyl (C=O) groups excluding carboxylic acids is 1. The van der Waals surface area contributed by atoms with Crippen LogP contribution in [-0.4, -0.2) is 17.6 Å². The summed E-state index contributed by atoms with van der Waals surface area (Å²) in [6.45, 7) is 5.73. The Bertz CT molecular complexity index is 579. The molecule has 4 heteroatoms. The third kappa shape index (κ3) is 3.95. The van der Waals surface area contributed by atoms with Crippen LogP contribution in [0.4, 0.5) is 0 Å². The van der Waals surface area contributed by atoms with Crippen molar-refractivity contribution in [2.24, 2.45) is 5.41 Å². The Morgan fingerprint density at radius 2 is 1.90 bits per heavy atom. The molecule has 4 nitrogen and oxygen atoms in total. The van der Waals surface area contributed by atoms with E-state index in [2.05, 4.69) is 5.32 Å². The van der Waals surface area contributed by atoms with Crippen molar-refractivity contribution in [1.29, 1.82) is 0 Å². The van der Waals surface area contributed by atoms with Crippen LogP contribution in [0.15, 0.2) is 47.1 Å². The van der Waals surface area contributed by atoms with Gasteiger partial charge in [0.25, 0.3) is 0 Å². The normalized spacial score (nSPS) is 13.0. The van der Waals surface area contributed by atoms with E-state index in [0.29, 0.717) is 0 Å². The number of aliphatic hydroxyl groups excluding tert-OH is 1. The van der Waals surface area contributed by atoms with Gasteiger partial charge in [-0.2, -0.15) is 0 Å². The standard InChI is InChI=1S/C17H21NO3/c1-17(2,3)16(20)18-11-14(19)12-6-8-13(9-7-12)15-5-4-10-21-15/h4-10,14,19H,11H2,1-3H3,(H,18,20). The average Bonchev–Trinajstić information content (AvgIpc) is 2.97. The zero-order valence-corrected chi connectivity index (χ0v) is 12.6. The lowest BCUT2D eigenvalue weighted by atomic mass is 9.95. The van der Waals surface area contributed by atoms with Crippen LogP contribution in [0.1, 0.15) is 32.4 Å². The fraction of sp³-hybridized carbons (Fsp3) is 0.353. The van der Waals surface area contributed by atoms with Gasteiger partial charge in [0.15, 0.2) is 0 Å². The molecule has 21 heavy (non-hydrogen) atoms. The molecule has 2 N–H and O–H groups in total. The number of benzene rings is 1. The zero-order valence-electron chi connectivity index (χ0n) is 12.6. The van der Waals surface area contributed by atoms with Gasteiger partial charge in [-0.25, -0.2) is 0 Å². The summed E-state index contributed by atoms with van der Waals surface area (Å²) in [6.07, 6.45) is 0.905. The van der Waals surface area contributed by atoms with Gasteiger partial charge in [-0.05, 0) is 17.7 Å². The lowest BCUT2D eigenvalue weighted by Gasteiger charge is -2.19. The summed E-state index contributed by atoms with van der Waals surface area (Å²) in [6, 6.07) is 11.2. The molecule has 1 unspecified atom stereocenters. The summed E-state index contributed by atoms with van der Waals surface area (Å²) in [7, 11) is 0. The minimum atomic E-state index is -0.720. The topological polar surface area (TPSA) is 62.5 Å². The van der Waals surface area contributed by atoms with E-state index in [1.165, 1.54) is 0 Å². The smallest absolute Gasteiger partial charge is 0.225 e. The van der Waals surface area contributed by atoms with Gasteiger partial charge in [0, 0.05) is 17.5 Å². The predicted octanol–water partition coefficient (Wildman–Crippen LogP) is 3.14. The monoisotopic (exact) mass is 287 g/mol. The third-order valence-corrected chi connectivity index (χ3v) is 3.24. The molecule has 112 valence electrons. The van der Waals surface area contributed by atoms with E-state index < -0.39 is 11.5 Å². The number of furan rings is 1. The van der Waals surface area contributed by atoms with Crippen LogP contribution in [0.5, 0.6) is 0 Å². The Morgan fingerprint density at radius 3 is 2.43 bits per heavy atom. The Balaban J connectivity index is 1.97. The van der Waals surface area contributed by atoms with Crippen LogP contribution in [0.25, 0.3) is 11.3 Å². The minimum Gasteiger partial charge on any atom is -0.464 e. The molecule has 2 rings (SSSR count). The fourth-order valence-electron chi connectivity index (χ4n) is 1.88. The highest BCUT2D eigenvalue weighted by Gasteiger charge is 2.21. The Kier molecular flexibility index (Phi) is 4.48. The van der Waals surface area contributed by atoms with Crippen molar-refractivity contribution in [3.63, 3.8) is 0 Å². The molecule has 0 aliphatic heterocycles. The number of carbonyl (C=O) groups is 1. The maximum Gasteiger partial charge on any atom is 0.225 e. The molecule has 0 aliphatic rings. The molecule has 0 saturated carbocycles. The van der Waals surface area contributed by atoms with Gasteiger partial charge in [0.05, 0.1) is 12.4 Å². The van der Waals surface area contributed by atoms with Crippen LogP contribution < -0.4 is 5.32 Å². The van der Waals surface area contributed by atoms with Crippen LogP contribution >= 0.6 is 0 Å². The third-order valence-electron chi connectivity index (χ3n) is 3.24. The molecule has 1 atom stereocenters. The van der Waals surface area contributed by atoms with Gasteiger partial charge in [0.1, 0.15) is 5.76 Å². The fourth-order valence-corrected chi connectivity index (χ4v) is 1.88. The van der Waals surface area contributed by atoms with Gasteiger partial charge < -0.3 is 14.8 Å². The molecule has 0 spiro atoms. The molecule has 1 aromatic carbocycles. The minimum absolute atomic E-state index is 0.0752. The molecule has 2 aromatic rings. The Hall–Kier alpha value is -2.07. The van der Waals surface area contributed by atoms with E-state index in [-0.39, 0.29) is 12.5 Å². The van der Waals surface area contributed by atoms with E-state index in [1.54, 1.807) is 6.26 Å². The van der Waals surface area contributed by atoms with Gasteiger partial charge in [-0.3, -0.25) is 4.79 Å². The highest BCUT2D eigenvalue weighted by Crippen LogP contribution is 2.22. The first kappa shape index (κ1) is 15.3. The van der Waals surface area contributed by atoms with Crippen LogP contribution in [0.3, 0.4) is 0 Å². The van der Waals surface area contributed by atoms with E-state index in [0.717, 1.165) is 16.9 Å². The highest BCUT2D eigenvalue weighted by atomic mass is 16.3. The summed E-state index contributed by atoms with van der Waals surface area (Å²) >= 11 is 0. The second kappa shape index (κ2) is 6.14. The van der Waals surface area contributed by atoms with Gasteiger partial charge in [-0.1, -0.05) is 45.0 Å². The van der Waals surface area contributed by atoms with Crippen LogP contribution in [0.2, 0.25) is 0 Å². The van der Waals surface area contributed by atoms with Crippen molar-refractivity contribution in [1.82, 2.24) is 5.32 Å². The number of hydrogen-bond donors (Lipinski definition) is 2. The quantitative estimate of drug-likeness (QED) is 0.908. The molecular weight excluding hydrogens is 266 g/mol. The molecule has 0 radical (unpaired) electrons. The SMILES string of the molecule is CC(C)(C)C(=O)NCC(O)c1ccc(-c2ccco2)cc1. The van der Waals surface area contributed by atoms with E-state index in [4.69, 9.17) is 4.42 Å². The number of rotatable bonds is 4. The number of amides is 1. The molecule has 1 heterocycles. The summed E-state index contributed by atoms with van der Waals surface area (Å²) < 4.78 is 5.32. The summed E-state index contributed by atoms with van der Waals surface area (Å²) in [5.74, 6) is 0.714.